The minimum absolute atomic E-state index is 0.0647. The molecule has 1 aliphatic rings. The van der Waals surface area contributed by atoms with Gasteiger partial charge in [0.05, 0.1) is 27.3 Å². The van der Waals surface area contributed by atoms with Gasteiger partial charge in [-0.15, -0.1) is 0 Å². The van der Waals surface area contributed by atoms with Crippen molar-refractivity contribution in [3.63, 3.8) is 0 Å². The van der Waals surface area contributed by atoms with Gasteiger partial charge in [0.1, 0.15) is 6.10 Å². The number of benzene rings is 3. The van der Waals surface area contributed by atoms with Crippen molar-refractivity contribution in [3.05, 3.63) is 114 Å². The molecule has 1 heterocycles. The van der Waals surface area contributed by atoms with E-state index in [-0.39, 0.29) is 41.8 Å². The summed E-state index contributed by atoms with van der Waals surface area (Å²) in [5.74, 6) is -1.50. The Morgan fingerprint density at radius 2 is 1.36 bits per heavy atom. The topological polar surface area (TPSA) is 97.8 Å². The van der Waals surface area contributed by atoms with E-state index in [0.717, 1.165) is 4.90 Å². The maximum Gasteiger partial charge on any atom is 0.338 e. The Balaban J connectivity index is 1.43. The van der Waals surface area contributed by atoms with Crippen LogP contribution in [0.25, 0.3) is 0 Å². The van der Waals surface area contributed by atoms with Gasteiger partial charge in [-0.2, -0.15) is 0 Å². The quantitative estimate of drug-likeness (QED) is 0.232. The summed E-state index contributed by atoms with van der Waals surface area (Å²) < 4.78 is 30.7. The molecule has 0 fully saturated rings. The Bertz CT molecular complexity index is 1350. The summed E-state index contributed by atoms with van der Waals surface area (Å²) in [5.41, 5.74) is 1.08. The SMILES string of the molecule is O=C(OC(C/C=C/CS(=O)(=O)c1ccccc1)CCN1C(=O)c2ccccc2C1=O)c1ccccc1. The number of ether oxygens (including phenoxy) is 1. The number of fused-ring (bicyclic) bond motifs is 1. The first-order valence-corrected chi connectivity index (χ1v) is 13.2. The fourth-order valence-corrected chi connectivity index (χ4v) is 5.05. The fraction of sp³-hybridized carbons (Fsp3) is 0.179. The second-order valence-electron chi connectivity index (χ2n) is 8.29. The van der Waals surface area contributed by atoms with E-state index >= 15 is 0 Å². The molecule has 2 amide bonds. The highest BCUT2D eigenvalue weighted by atomic mass is 32.2. The summed E-state index contributed by atoms with van der Waals surface area (Å²) in [5, 5.41) is 0. The van der Waals surface area contributed by atoms with Crippen LogP contribution in [0.1, 0.15) is 43.9 Å². The number of carbonyl (C=O) groups is 3. The van der Waals surface area contributed by atoms with Crippen molar-refractivity contribution in [2.45, 2.75) is 23.8 Å². The molecule has 3 aromatic carbocycles. The zero-order valence-electron chi connectivity index (χ0n) is 19.4. The summed E-state index contributed by atoms with van der Waals surface area (Å²) in [4.78, 5) is 39.4. The molecule has 3 aromatic rings. The highest BCUT2D eigenvalue weighted by Crippen LogP contribution is 2.23. The molecule has 0 radical (unpaired) electrons. The van der Waals surface area contributed by atoms with Crippen LogP contribution < -0.4 is 0 Å². The highest BCUT2D eigenvalue weighted by Gasteiger charge is 2.35. The van der Waals surface area contributed by atoms with Gasteiger partial charge in [0, 0.05) is 19.4 Å². The van der Waals surface area contributed by atoms with Crippen molar-refractivity contribution in [1.29, 1.82) is 0 Å². The minimum atomic E-state index is -3.49. The van der Waals surface area contributed by atoms with E-state index in [1.165, 1.54) is 18.2 Å². The van der Waals surface area contributed by atoms with E-state index in [9.17, 15) is 22.8 Å². The van der Waals surface area contributed by atoms with Crippen LogP contribution in [0, 0.1) is 0 Å². The van der Waals surface area contributed by atoms with Crippen LogP contribution in [0.4, 0.5) is 0 Å². The molecule has 36 heavy (non-hydrogen) atoms. The van der Waals surface area contributed by atoms with Gasteiger partial charge >= 0.3 is 5.97 Å². The van der Waals surface area contributed by atoms with Gasteiger partial charge < -0.3 is 4.74 Å². The average Bonchev–Trinajstić information content (AvgIpc) is 3.15. The average molecular weight is 504 g/mol. The first-order chi connectivity index (χ1) is 17.4. The number of carbonyl (C=O) groups excluding carboxylic acids is 3. The number of hydrogen-bond acceptors (Lipinski definition) is 6. The largest absolute Gasteiger partial charge is 0.458 e. The normalized spacial score (nSPS) is 14.2. The zero-order valence-corrected chi connectivity index (χ0v) is 20.3. The predicted octanol–water partition coefficient (Wildman–Crippen LogP) is 4.32. The van der Waals surface area contributed by atoms with Gasteiger partial charge in [-0.1, -0.05) is 60.7 Å². The molecular formula is C28H25NO6S. The van der Waals surface area contributed by atoms with Crippen molar-refractivity contribution in [2.75, 3.05) is 12.3 Å². The smallest absolute Gasteiger partial charge is 0.338 e. The lowest BCUT2D eigenvalue weighted by Crippen LogP contribution is -2.33. The highest BCUT2D eigenvalue weighted by molar-refractivity contribution is 7.91. The van der Waals surface area contributed by atoms with Gasteiger partial charge in [-0.25, -0.2) is 13.2 Å². The number of nitrogens with zero attached hydrogens (tertiary/aromatic N) is 1. The van der Waals surface area contributed by atoms with Crippen LogP contribution in [-0.4, -0.2) is 49.5 Å². The van der Waals surface area contributed by atoms with Crippen molar-refractivity contribution in [1.82, 2.24) is 4.90 Å². The molecule has 0 saturated carbocycles. The van der Waals surface area contributed by atoms with Crippen molar-refractivity contribution in [3.8, 4) is 0 Å². The van der Waals surface area contributed by atoms with Crippen LogP contribution >= 0.6 is 0 Å². The molecular weight excluding hydrogens is 478 g/mol. The third kappa shape index (κ3) is 5.78. The van der Waals surface area contributed by atoms with Crippen LogP contribution in [0.5, 0.6) is 0 Å². The van der Waals surface area contributed by atoms with Gasteiger partial charge in [-0.05, 0) is 36.4 Å². The second-order valence-corrected chi connectivity index (χ2v) is 10.3. The molecule has 0 aromatic heterocycles. The first kappa shape index (κ1) is 25.1. The molecule has 4 rings (SSSR count). The van der Waals surface area contributed by atoms with E-state index in [4.69, 9.17) is 4.74 Å². The maximum absolute atomic E-state index is 12.7. The summed E-state index contributed by atoms with van der Waals surface area (Å²) >= 11 is 0. The molecule has 0 N–H and O–H groups in total. The van der Waals surface area contributed by atoms with Crippen LogP contribution in [-0.2, 0) is 14.6 Å². The van der Waals surface area contributed by atoms with Crippen molar-refractivity contribution < 1.29 is 27.5 Å². The number of imide groups is 1. The lowest BCUT2D eigenvalue weighted by molar-refractivity contribution is 0.0267. The Labute approximate surface area is 209 Å². The summed E-state index contributed by atoms with van der Waals surface area (Å²) in [6.07, 6.45) is 2.93. The Morgan fingerprint density at radius 3 is 1.97 bits per heavy atom. The Kier molecular flexibility index (Phi) is 7.75. The third-order valence-corrected chi connectivity index (χ3v) is 7.44. The molecule has 7 nitrogen and oxygen atoms in total. The zero-order chi connectivity index (χ0) is 25.5. The molecule has 8 heteroatoms. The molecule has 184 valence electrons. The van der Waals surface area contributed by atoms with Crippen molar-refractivity contribution in [2.24, 2.45) is 0 Å². The fourth-order valence-electron chi connectivity index (χ4n) is 3.90. The molecule has 1 atom stereocenters. The minimum Gasteiger partial charge on any atom is -0.458 e. The van der Waals surface area contributed by atoms with Crippen LogP contribution in [0.2, 0.25) is 0 Å². The summed E-state index contributed by atoms with van der Waals surface area (Å²) in [6, 6.07) is 23.3. The van der Waals surface area contributed by atoms with Gasteiger partial charge in [0.15, 0.2) is 9.84 Å². The maximum atomic E-state index is 12.7. The Hall–Kier alpha value is -4.04. The van der Waals surface area contributed by atoms with E-state index in [1.54, 1.807) is 78.9 Å². The number of hydrogen-bond donors (Lipinski definition) is 0. The molecule has 0 bridgehead atoms. The first-order valence-electron chi connectivity index (χ1n) is 11.5. The van der Waals surface area contributed by atoms with E-state index in [1.807, 2.05) is 0 Å². The molecule has 1 aliphatic heterocycles. The van der Waals surface area contributed by atoms with Crippen molar-refractivity contribution >= 4 is 27.6 Å². The lowest BCUT2D eigenvalue weighted by Gasteiger charge is -2.20. The number of rotatable bonds is 10. The molecule has 0 aliphatic carbocycles. The standard InChI is InChI=1S/C28H25NO6S/c30-26-24-16-7-8-17-25(24)27(31)29(26)19-18-22(35-28(32)21-11-3-1-4-12-21)13-9-10-20-36(33,34)23-14-5-2-6-15-23/h1-12,14-17,22H,13,18-20H2/b10-9+. The number of amides is 2. The summed E-state index contributed by atoms with van der Waals surface area (Å²) in [6.45, 7) is 0.0647. The number of sulfone groups is 1. The lowest BCUT2D eigenvalue weighted by atomic mass is 10.1. The van der Waals surface area contributed by atoms with E-state index < -0.39 is 21.9 Å². The monoisotopic (exact) mass is 503 g/mol. The third-order valence-electron chi connectivity index (χ3n) is 5.82. The second kappa shape index (κ2) is 11.1. The van der Waals surface area contributed by atoms with Gasteiger partial charge in [0.25, 0.3) is 11.8 Å². The molecule has 0 spiro atoms. The van der Waals surface area contributed by atoms with E-state index in [2.05, 4.69) is 0 Å². The summed E-state index contributed by atoms with van der Waals surface area (Å²) in [7, 11) is -3.49. The predicted molar refractivity (Wildman–Crippen MR) is 134 cm³/mol. The molecule has 1 unspecified atom stereocenters. The van der Waals surface area contributed by atoms with Crippen LogP contribution in [0.3, 0.4) is 0 Å². The number of esters is 1. The molecule has 0 saturated heterocycles. The van der Waals surface area contributed by atoms with E-state index in [0.29, 0.717) is 16.7 Å². The van der Waals surface area contributed by atoms with Gasteiger partial charge in [-0.3, -0.25) is 14.5 Å². The van der Waals surface area contributed by atoms with Gasteiger partial charge in [0.2, 0.25) is 0 Å². The van der Waals surface area contributed by atoms with Crippen LogP contribution in [0.15, 0.2) is 102 Å². The Morgan fingerprint density at radius 1 is 0.806 bits per heavy atom.